The predicted octanol–water partition coefficient (Wildman–Crippen LogP) is 2.74. The molecule has 0 spiro atoms. The second-order valence-corrected chi connectivity index (χ2v) is 5.89. The third kappa shape index (κ3) is 5.98. The zero-order valence-electron chi connectivity index (χ0n) is 15.9. The van der Waals surface area contributed by atoms with Crippen LogP contribution in [0.2, 0.25) is 0 Å². The Balaban J connectivity index is 2.10. The van der Waals surface area contributed by atoms with Gasteiger partial charge in [0, 0.05) is 6.92 Å². The van der Waals surface area contributed by atoms with Gasteiger partial charge in [0.15, 0.2) is 6.10 Å². The Kier molecular flexibility index (Phi) is 7.33. The van der Waals surface area contributed by atoms with Crippen molar-refractivity contribution in [2.75, 3.05) is 12.4 Å². The van der Waals surface area contributed by atoms with E-state index >= 15 is 0 Å². The van der Waals surface area contributed by atoms with Gasteiger partial charge in [0.25, 0.3) is 5.91 Å². The van der Waals surface area contributed by atoms with E-state index in [0.717, 1.165) is 0 Å². The molecule has 0 aromatic heterocycles. The quantitative estimate of drug-likeness (QED) is 0.567. The summed E-state index contributed by atoms with van der Waals surface area (Å²) in [5.74, 6) is -1.29. The number of carbonyl (C=O) groups is 3. The minimum Gasteiger partial charge on any atom is -0.495 e. The van der Waals surface area contributed by atoms with Crippen LogP contribution in [0.4, 0.5) is 5.69 Å². The molecule has 0 aliphatic heterocycles. The molecule has 7 nitrogen and oxygen atoms in total. The van der Waals surface area contributed by atoms with E-state index in [2.05, 4.69) is 10.6 Å². The monoisotopic (exact) mass is 382 g/mol. The molecule has 2 aromatic carbocycles. The van der Waals surface area contributed by atoms with Gasteiger partial charge in [0.1, 0.15) is 11.4 Å². The van der Waals surface area contributed by atoms with E-state index in [1.165, 1.54) is 27.0 Å². The lowest BCUT2D eigenvalue weighted by Gasteiger charge is -2.16. The summed E-state index contributed by atoms with van der Waals surface area (Å²) in [6.45, 7) is 2.72. The lowest BCUT2D eigenvalue weighted by atomic mass is 10.2. The van der Waals surface area contributed by atoms with E-state index < -0.39 is 23.9 Å². The molecule has 2 N–H and O–H groups in total. The third-order valence-corrected chi connectivity index (χ3v) is 3.66. The highest BCUT2D eigenvalue weighted by Crippen LogP contribution is 2.23. The Hall–Kier alpha value is -3.61. The van der Waals surface area contributed by atoms with Crippen molar-refractivity contribution in [2.24, 2.45) is 0 Å². The lowest BCUT2D eigenvalue weighted by molar-refractivity contribution is -0.149. The number of amides is 2. The summed E-state index contributed by atoms with van der Waals surface area (Å²) >= 11 is 0. The Morgan fingerprint density at radius 1 is 1.00 bits per heavy atom. The predicted molar refractivity (Wildman–Crippen MR) is 105 cm³/mol. The van der Waals surface area contributed by atoms with Gasteiger partial charge in [0.05, 0.1) is 12.8 Å². The van der Waals surface area contributed by atoms with Crippen LogP contribution >= 0.6 is 0 Å². The number of esters is 1. The first-order chi connectivity index (χ1) is 13.4. The van der Waals surface area contributed by atoms with Crippen molar-refractivity contribution in [2.45, 2.75) is 20.0 Å². The van der Waals surface area contributed by atoms with Crippen molar-refractivity contribution >= 4 is 29.5 Å². The first kappa shape index (κ1) is 20.7. The van der Waals surface area contributed by atoms with Crippen LogP contribution in [0, 0.1) is 0 Å². The van der Waals surface area contributed by atoms with Crippen molar-refractivity contribution in [3.8, 4) is 5.75 Å². The van der Waals surface area contributed by atoms with Gasteiger partial charge in [-0.25, -0.2) is 4.79 Å². The molecule has 0 unspecified atom stereocenters. The number of rotatable bonds is 7. The SMILES string of the molecule is COc1ccccc1NC(=O)[C@H](C)OC(=O)/C(=C\c1ccccc1)NC(C)=O. The largest absolute Gasteiger partial charge is 0.495 e. The van der Waals surface area contributed by atoms with E-state index in [1.807, 2.05) is 6.07 Å². The van der Waals surface area contributed by atoms with E-state index in [4.69, 9.17) is 9.47 Å². The first-order valence-corrected chi connectivity index (χ1v) is 8.60. The summed E-state index contributed by atoms with van der Waals surface area (Å²) in [5.41, 5.74) is 1.10. The van der Waals surface area contributed by atoms with Gasteiger partial charge in [-0.05, 0) is 30.7 Å². The molecule has 2 rings (SSSR count). The molecule has 0 saturated carbocycles. The van der Waals surface area contributed by atoms with Crippen LogP contribution in [-0.4, -0.2) is 31.0 Å². The topological polar surface area (TPSA) is 93.7 Å². The summed E-state index contributed by atoms with van der Waals surface area (Å²) in [4.78, 5) is 36.3. The van der Waals surface area contributed by atoms with Gasteiger partial charge in [-0.2, -0.15) is 0 Å². The van der Waals surface area contributed by atoms with E-state index in [-0.39, 0.29) is 5.70 Å². The normalized spacial score (nSPS) is 11.9. The minimum atomic E-state index is -1.09. The molecule has 0 heterocycles. The molecule has 1 atom stereocenters. The van der Waals surface area contributed by atoms with Crippen molar-refractivity contribution < 1.29 is 23.9 Å². The standard InChI is InChI=1S/C21H22N2O5/c1-14(20(25)23-17-11-7-8-12-19(17)27-3)28-21(26)18(22-15(2)24)13-16-9-5-4-6-10-16/h4-14H,1-3H3,(H,22,24)(H,23,25)/b18-13+/t14-/m0/s1. The number of carbonyl (C=O) groups excluding carboxylic acids is 3. The Labute approximate surface area is 163 Å². The van der Waals surface area contributed by atoms with Gasteiger partial charge in [-0.3, -0.25) is 9.59 Å². The number of hydrogen-bond acceptors (Lipinski definition) is 5. The molecule has 0 fully saturated rings. The summed E-state index contributed by atoms with van der Waals surface area (Å²) in [5, 5.41) is 5.08. The van der Waals surface area contributed by atoms with Gasteiger partial charge in [-0.1, -0.05) is 42.5 Å². The van der Waals surface area contributed by atoms with Crippen molar-refractivity contribution in [1.29, 1.82) is 0 Å². The summed E-state index contributed by atoms with van der Waals surface area (Å²) in [6, 6.07) is 15.8. The van der Waals surface area contributed by atoms with Gasteiger partial charge < -0.3 is 20.1 Å². The molecule has 0 aliphatic carbocycles. The number of methoxy groups -OCH3 is 1. The molecule has 0 bridgehead atoms. The molecule has 0 radical (unpaired) electrons. The maximum absolute atomic E-state index is 12.5. The summed E-state index contributed by atoms with van der Waals surface area (Å²) < 4.78 is 10.4. The van der Waals surface area contributed by atoms with Crippen molar-refractivity contribution in [1.82, 2.24) is 5.32 Å². The fourth-order valence-electron chi connectivity index (χ4n) is 2.31. The number of benzene rings is 2. The van der Waals surface area contributed by atoms with Crippen LogP contribution in [0.5, 0.6) is 5.75 Å². The summed E-state index contributed by atoms with van der Waals surface area (Å²) in [7, 11) is 1.49. The number of nitrogens with one attached hydrogen (secondary N) is 2. The van der Waals surface area contributed by atoms with Crippen LogP contribution < -0.4 is 15.4 Å². The fourth-order valence-corrected chi connectivity index (χ4v) is 2.31. The van der Waals surface area contributed by atoms with Gasteiger partial charge in [-0.15, -0.1) is 0 Å². The molecule has 2 amide bonds. The van der Waals surface area contributed by atoms with Crippen LogP contribution in [0.3, 0.4) is 0 Å². The van der Waals surface area contributed by atoms with Crippen LogP contribution in [0.15, 0.2) is 60.3 Å². The average molecular weight is 382 g/mol. The highest BCUT2D eigenvalue weighted by molar-refractivity contribution is 6.01. The van der Waals surface area contributed by atoms with Crippen molar-refractivity contribution in [3.05, 3.63) is 65.9 Å². The second kappa shape index (κ2) is 9.91. The Morgan fingerprint density at radius 3 is 2.29 bits per heavy atom. The minimum absolute atomic E-state index is 0.0596. The third-order valence-electron chi connectivity index (χ3n) is 3.66. The summed E-state index contributed by atoms with van der Waals surface area (Å²) in [6.07, 6.45) is 0.388. The number of para-hydroxylation sites is 2. The molecule has 28 heavy (non-hydrogen) atoms. The molecule has 2 aromatic rings. The van der Waals surface area contributed by atoms with Crippen LogP contribution in [0.1, 0.15) is 19.4 Å². The Morgan fingerprint density at radius 2 is 1.64 bits per heavy atom. The molecule has 146 valence electrons. The van der Waals surface area contributed by atoms with Crippen LogP contribution in [0.25, 0.3) is 6.08 Å². The number of anilines is 1. The lowest BCUT2D eigenvalue weighted by Crippen LogP contribution is -2.33. The highest BCUT2D eigenvalue weighted by Gasteiger charge is 2.22. The van der Waals surface area contributed by atoms with Gasteiger partial charge in [0.2, 0.25) is 5.91 Å². The van der Waals surface area contributed by atoms with E-state index in [1.54, 1.807) is 48.5 Å². The highest BCUT2D eigenvalue weighted by atomic mass is 16.5. The molecule has 0 saturated heterocycles. The van der Waals surface area contributed by atoms with E-state index in [9.17, 15) is 14.4 Å². The Bertz CT molecular complexity index is 877. The maximum atomic E-state index is 12.5. The molecule has 0 aliphatic rings. The van der Waals surface area contributed by atoms with Gasteiger partial charge >= 0.3 is 5.97 Å². The van der Waals surface area contributed by atoms with Crippen LogP contribution in [-0.2, 0) is 19.1 Å². The fraction of sp³-hybridized carbons (Fsp3) is 0.190. The zero-order valence-corrected chi connectivity index (χ0v) is 15.9. The molecular weight excluding hydrogens is 360 g/mol. The number of ether oxygens (including phenoxy) is 2. The molecule has 7 heteroatoms. The zero-order chi connectivity index (χ0) is 20.5. The smallest absolute Gasteiger partial charge is 0.355 e. The maximum Gasteiger partial charge on any atom is 0.355 e. The first-order valence-electron chi connectivity index (χ1n) is 8.60. The van der Waals surface area contributed by atoms with E-state index in [0.29, 0.717) is 17.0 Å². The van der Waals surface area contributed by atoms with Crippen molar-refractivity contribution in [3.63, 3.8) is 0 Å². The molecular formula is C21H22N2O5. The average Bonchev–Trinajstić information content (AvgIpc) is 2.68. The number of hydrogen-bond donors (Lipinski definition) is 2. The second-order valence-electron chi connectivity index (χ2n) is 5.89.